The molecule has 2 saturated carbocycles. The summed E-state index contributed by atoms with van der Waals surface area (Å²) in [5.74, 6) is 1.84. The molecule has 3 aromatic rings. The zero-order chi connectivity index (χ0) is 25.1. The molecule has 4 aliphatic rings. The van der Waals surface area contributed by atoms with E-state index in [9.17, 15) is 9.59 Å². The second-order valence-electron chi connectivity index (χ2n) is 12.0. The zero-order valence-electron chi connectivity index (χ0n) is 21.2. The van der Waals surface area contributed by atoms with Crippen molar-refractivity contribution in [2.24, 2.45) is 11.8 Å². The average molecular weight is 519 g/mol. The van der Waals surface area contributed by atoms with Gasteiger partial charge in [0.1, 0.15) is 5.69 Å². The summed E-state index contributed by atoms with van der Waals surface area (Å²) in [5.41, 5.74) is 1.50. The molecule has 6 atom stereocenters. The van der Waals surface area contributed by atoms with E-state index in [0.29, 0.717) is 23.1 Å². The summed E-state index contributed by atoms with van der Waals surface area (Å²) in [6, 6.07) is 11.3. The van der Waals surface area contributed by atoms with Crippen LogP contribution >= 0.6 is 11.6 Å². The van der Waals surface area contributed by atoms with Crippen molar-refractivity contribution in [3.63, 3.8) is 0 Å². The predicted molar refractivity (Wildman–Crippen MR) is 147 cm³/mol. The molecule has 1 aromatic carbocycles. The third-order valence-corrected chi connectivity index (χ3v) is 10.0. The Morgan fingerprint density at radius 2 is 1.54 bits per heavy atom. The Kier molecular flexibility index (Phi) is 6.00. The summed E-state index contributed by atoms with van der Waals surface area (Å²) in [7, 11) is 0. The minimum atomic E-state index is -0.342. The van der Waals surface area contributed by atoms with E-state index in [1.54, 1.807) is 6.07 Å². The molecule has 37 heavy (non-hydrogen) atoms. The Morgan fingerprint density at radius 1 is 0.838 bits per heavy atom. The summed E-state index contributed by atoms with van der Waals surface area (Å²) >= 11 is 6.20. The molecule has 4 bridgehead atoms. The van der Waals surface area contributed by atoms with Crippen LogP contribution < -0.4 is 11.1 Å². The summed E-state index contributed by atoms with van der Waals surface area (Å²) in [4.78, 5) is 37.0. The van der Waals surface area contributed by atoms with Gasteiger partial charge in [-0.1, -0.05) is 49.4 Å². The van der Waals surface area contributed by atoms with Crippen LogP contribution in [0.2, 0.25) is 5.02 Å². The van der Waals surface area contributed by atoms with Crippen molar-refractivity contribution in [2.45, 2.75) is 94.8 Å². The molecule has 2 aromatic heterocycles. The summed E-state index contributed by atoms with van der Waals surface area (Å²) < 4.78 is 1.97. The number of aromatic nitrogens is 3. The van der Waals surface area contributed by atoms with Crippen molar-refractivity contribution in [2.75, 3.05) is 0 Å². The number of piperidine rings is 2. The maximum Gasteiger partial charge on any atom is 0.278 e. The third-order valence-electron chi connectivity index (χ3n) is 9.81. The number of rotatable bonds is 3. The van der Waals surface area contributed by atoms with Crippen molar-refractivity contribution in [1.29, 1.82) is 0 Å². The molecular formula is C30H35ClN4O2. The molecule has 0 spiro atoms. The van der Waals surface area contributed by atoms with Gasteiger partial charge in [0.05, 0.1) is 21.6 Å². The number of fused-ring (bicyclic) bond motifs is 5. The normalized spacial score (nSPS) is 31.9. The molecule has 6 nitrogen and oxygen atoms in total. The Hall–Kier alpha value is -2.44. The molecule has 2 aliphatic carbocycles. The van der Waals surface area contributed by atoms with E-state index in [2.05, 4.69) is 14.9 Å². The largest absolute Gasteiger partial charge is 0.327 e. The lowest BCUT2D eigenvalue weighted by Gasteiger charge is -2.55. The van der Waals surface area contributed by atoms with Gasteiger partial charge in [-0.3, -0.25) is 14.5 Å². The lowest BCUT2D eigenvalue weighted by molar-refractivity contribution is -0.0485. The summed E-state index contributed by atoms with van der Waals surface area (Å²) in [6.07, 6.45) is 15.6. The number of para-hydroxylation sites is 2. The highest BCUT2D eigenvalue weighted by Gasteiger charge is 2.45. The van der Waals surface area contributed by atoms with Gasteiger partial charge in [-0.2, -0.15) is 0 Å². The number of hydrogen-bond acceptors (Lipinski definition) is 4. The van der Waals surface area contributed by atoms with Crippen molar-refractivity contribution in [1.82, 2.24) is 19.4 Å². The van der Waals surface area contributed by atoms with Crippen LogP contribution in [0.1, 0.15) is 76.7 Å². The number of aromatic amines is 1. The van der Waals surface area contributed by atoms with Crippen LogP contribution in [-0.4, -0.2) is 37.6 Å². The lowest BCUT2D eigenvalue weighted by atomic mass is 9.68. The minimum absolute atomic E-state index is 0.104. The van der Waals surface area contributed by atoms with Crippen LogP contribution in [0.3, 0.4) is 0 Å². The SMILES string of the molecule is O=c1[nH]cc(Cl)cc1-c1nc2ccccc2n([C@H]2C[C@H]3CCC[C@@H](C2)N3[C@H]2C[C@@H]3CCC[C@@H](C3)C2)c1=O. The molecule has 2 aliphatic heterocycles. The van der Waals surface area contributed by atoms with E-state index in [0.717, 1.165) is 35.7 Å². The van der Waals surface area contributed by atoms with E-state index >= 15 is 0 Å². The smallest absolute Gasteiger partial charge is 0.278 e. The molecule has 0 unspecified atom stereocenters. The summed E-state index contributed by atoms with van der Waals surface area (Å²) in [6.45, 7) is 0. The van der Waals surface area contributed by atoms with Gasteiger partial charge in [0.15, 0.2) is 0 Å². The van der Waals surface area contributed by atoms with Crippen LogP contribution in [0.15, 0.2) is 46.1 Å². The van der Waals surface area contributed by atoms with Gasteiger partial charge in [-0.25, -0.2) is 4.98 Å². The highest BCUT2D eigenvalue weighted by molar-refractivity contribution is 6.30. The zero-order valence-corrected chi connectivity index (χ0v) is 22.0. The van der Waals surface area contributed by atoms with Crippen LogP contribution in [-0.2, 0) is 0 Å². The van der Waals surface area contributed by atoms with Crippen LogP contribution in [0, 0.1) is 11.8 Å². The fourth-order valence-corrected chi connectivity index (χ4v) is 8.62. The Balaban J connectivity index is 1.28. The topological polar surface area (TPSA) is 71.0 Å². The summed E-state index contributed by atoms with van der Waals surface area (Å²) in [5, 5.41) is 0.385. The lowest BCUT2D eigenvalue weighted by Crippen LogP contribution is -2.58. The molecule has 1 N–H and O–H groups in total. The molecule has 0 amide bonds. The number of hydrogen-bond donors (Lipinski definition) is 1. The fraction of sp³-hybridized carbons (Fsp3) is 0.567. The number of pyridine rings is 1. The number of benzene rings is 1. The fourth-order valence-electron chi connectivity index (χ4n) is 8.46. The molecule has 194 valence electrons. The van der Waals surface area contributed by atoms with E-state index in [1.165, 1.54) is 64.0 Å². The maximum atomic E-state index is 14.1. The Morgan fingerprint density at radius 3 is 2.30 bits per heavy atom. The molecule has 7 rings (SSSR count). The van der Waals surface area contributed by atoms with Crippen LogP contribution in [0.25, 0.3) is 22.3 Å². The number of halogens is 1. The monoisotopic (exact) mass is 518 g/mol. The number of nitrogens with zero attached hydrogens (tertiary/aromatic N) is 3. The van der Waals surface area contributed by atoms with Gasteiger partial charge in [-0.15, -0.1) is 0 Å². The standard InChI is InChI=1S/C30H35ClN4O2/c31-20-14-25(29(36)32-17-20)28-30(37)35(27-10-2-1-9-26(27)33-28)24-15-21-7-4-8-22(16-24)34(21)23-12-18-5-3-6-19(11-18)13-23/h1-2,9-10,14,17-19,21-24H,3-8,11-13,15-16H2,(H,32,36)/t18-,19+,21-,22+,23+,24+. The second kappa shape index (κ2) is 9.39. The second-order valence-corrected chi connectivity index (χ2v) is 12.5. The van der Waals surface area contributed by atoms with Gasteiger partial charge in [0.2, 0.25) is 0 Å². The van der Waals surface area contributed by atoms with Gasteiger partial charge in [0.25, 0.3) is 11.1 Å². The van der Waals surface area contributed by atoms with E-state index in [1.807, 2.05) is 28.8 Å². The predicted octanol–water partition coefficient (Wildman–Crippen LogP) is 5.93. The molecule has 4 fully saturated rings. The van der Waals surface area contributed by atoms with E-state index in [4.69, 9.17) is 11.6 Å². The first-order valence-corrected chi connectivity index (χ1v) is 14.6. The van der Waals surface area contributed by atoms with E-state index < -0.39 is 0 Å². The Labute approximate surface area is 222 Å². The first-order chi connectivity index (χ1) is 18.0. The van der Waals surface area contributed by atoms with E-state index in [-0.39, 0.29) is 28.4 Å². The molecule has 7 heteroatoms. The first-order valence-electron chi connectivity index (χ1n) is 14.2. The average Bonchev–Trinajstić information content (AvgIpc) is 2.89. The van der Waals surface area contributed by atoms with Gasteiger partial charge in [0, 0.05) is 30.4 Å². The molecule has 4 heterocycles. The quantitative estimate of drug-likeness (QED) is 0.466. The molecule has 2 saturated heterocycles. The van der Waals surface area contributed by atoms with Gasteiger partial charge >= 0.3 is 0 Å². The number of nitrogens with one attached hydrogen (secondary N) is 1. The van der Waals surface area contributed by atoms with Crippen LogP contribution in [0.4, 0.5) is 0 Å². The van der Waals surface area contributed by atoms with Crippen molar-refractivity contribution >= 4 is 22.6 Å². The van der Waals surface area contributed by atoms with Crippen molar-refractivity contribution in [3.8, 4) is 11.3 Å². The third kappa shape index (κ3) is 4.17. The highest BCUT2D eigenvalue weighted by atomic mass is 35.5. The highest BCUT2D eigenvalue weighted by Crippen LogP contribution is 2.47. The van der Waals surface area contributed by atoms with Gasteiger partial charge < -0.3 is 9.55 Å². The molecule has 0 radical (unpaired) electrons. The van der Waals surface area contributed by atoms with Gasteiger partial charge in [-0.05, 0) is 75.0 Å². The van der Waals surface area contributed by atoms with Crippen LogP contribution in [0.5, 0.6) is 0 Å². The Bertz CT molecular complexity index is 1420. The van der Waals surface area contributed by atoms with Crippen molar-refractivity contribution in [3.05, 3.63) is 62.3 Å². The first kappa shape index (κ1) is 23.7. The maximum absolute atomic E-state index is 14.1. The number of H-pyrrole nitrogens is 1. The minimum Gasteiger partial charge on any atom is -0.327 e. The van der Waals surface area contributed by atoms with Crippen molar-refractivity contribution < 1.29 is 0 Å². The molecular weight excluding hydrogens is 484 g/mol.